The van der Waals surface area contributed by atoms with Crippen LogP contribution in [-0.4, -0.2) is 16.5 Å². The van der Waals surface area contributed by atoms with Crippen molar-refractivity contribution in [2.75, 3.05) is 5.75 Å². The maximum atomic E-state index is 9.27. The summed E-state index contributed by atoms with van der Waals surface area (Å²) in [6.45, 7) is 5.74. The highest BCUT2D eigenvalue weighted by Crippen LogP contribution is 2.10. The second kappa shape index (κ2) is 5.67. The van der Waals surface area contributed by atoms with E-state index in [4.69, 9.17) is 0 Å². The second-order valence-electron chi connectivity index (χ2n) is 3.18. The highest BCUT2D eigenvalue weighted by Gasteiger charge is 2.04. The molecule has 0 rings (SSSR count). The van der Waals surface area contributed by atoms with E-state index in [1.807, 2.05) is 11.5 Å². The molecule has 1 N–H and O–H groups in total. The van der Waals surface area contributed by atoms with Gasteiger partial charge in [0, 0.05) is 0 Å². The predicted molar refractivity (Wildman–Crippen MR) is 52.8 cm³/mol. The smallest absolute Gasteiger partial charge is 0.0779 e. The van der Waals surface area contributed by atoms with Crippen molar-refractivity contribution in [1.82, 2.24) is 0 Å². The molecule has 0 aliphatic heterocycles. The number of unbranched alkanes of at least 4 members (excludes halogenated alkanes) is 1. The molecule has 0 aliphatic carbocycles. The molecule has 11 heavy (non-hydrogen) atoms. The maximum Gasteiger partial charge on any atom is 0.0779 e. The monoisotopic (exact) mass is 174 g/mol. The molecular formula is C9H18OS. The molecule has 0 unspecified atom stereocenters. The molecule has 1 nitrogen and oxygen atoms in total. The molecule has 0 aliphatic rings. The molecule has 0 saturated carbocycles. The Bertz CT molecular complexity index is 113. The quantitative estimate of drug-likeness (QED) is 0.647. The fraction of sp³-hybridized carbons (Fsp3) is 0.778. The van der Waals surface area contributed by atoms with Crippen LogP contribution in [0.15, 0.2) is 11.5 Å². The van der Waals surface area contributed by atoms with Crippen molar-refractivity contribution < 1.29 is 5.11 Å². The van der Waals surface area contributed by atoms with Gasteiger partial charge in [-0.05, 0) is 37.5 Å². The lowest BCUT2D eigenvalue weighted by molar-refractivity contribution is 0.133. The maximum absolute atomic E-state index is 9.27. The number of hydrogen-bond acceptors (Lipinski definition) is 2. The van der Waals surface area contributed by atoms with Crippen molar-refractivity contribution in [2.24, 2.45) is 0 Å². The summed E-state index contributed by atoms with van der Waals surface area (Å²) in [4.78, 5) is 0. The second-order valence-corrected chi connectivity index (χ2v) is 4.19. The minimum atomic E-state index is -0.654. The molecule has 0 atom stereocenters. The van der Waals surface area contributed by atoms with Gasteiger partial charge in [-0.3, -0.25) is 0 Å². The minimum absolute atomic E-state index is 0.654. The molecule has 0 fully saturated rings. The lowest BCUT2D eigenvalue weighted by atomic mass is 10.1. The van der Waals surface area contributed by atoms with Gasteiger partial charge in [-0.15, -0.1) is 11.8 Å². The number of aliphatic hydroxyl groups is 1. The molecular weight excluding hydrogens is 156 g/mol. The number of rotatable bonds is 5. The van der Waals surface area contributed by atoms with Crippen LogP contribution in [0, 0.1) is 0 Å². The minimum Gasteiger partial charge on any atom is -0.386 e. The zero-order chi connectivity index (χ0) is 8.74. The Labute approximate surface area is 73.9 Å². The summed E-state index contributed by atoms with van der Waals surface area (Å²) in [6.07, 6.45) is 4.32. The predicted octanol–water partition coefficient (Wildman–Crippen LogP) is 2.80. The van der Waals surface area contributed by atoms with Gasteiger partial charge in [0.15, 0.2) is 0 Å². The molecule has 0 saturated heterocycles. The topological polar surface area (TPSA) is 20.2 Å². The van der Waals surface area contributed by atoms with E-state index in [0.717, 1.165) is 5.75 Å². The highest BCUT2D eigenvalue weighted by atomic mass is 32.2. The van der Waals surface area contributed by atoms with Crippen LogP contribution in [0.3, 0.4) is 0 Å². The van der Waals surface area contributed by atoms with Gasteiger partial charge in [0.1, 0.15) is 0 Å². The van der Waals surface area contributed by atoms with Crippen LogP contribution < -0.4 is 0 Å². The van der Waals surface area contributed by atoms with Crippen LogP contribution in [0.2, 0.25) is 0 Å². The van der Waals surface area contributed by atoms with Crippen molar-refractivity contribution in [2.45, 2.75) is 39.2 Å². The van der Waals surface area contributed by atoms with Gasteiger partial charge in [0.25, 0.3) is 0 Å². The van der Waals surface area contributed by atoms with E-state index < -0.39 is 5.60 Å². The van der Waals surface area contributed by atoms with E-state index >= 15 is 0 Å². The Hall–Kier alpha value is 0.0500. The third kappa shape index (κ3) is 10.1. The molecule has 2 heteroatoms. The van der Waals surface area contributed by atoms with E-state index in [9.17, 15) is 5.11 Å². The van der Waals surface area contributed by atoms with Gasteiger partial charge in [-0.25, -0.2) is 0 Å². The molecule has 0 aromatic carbocycles. The van der Waals surface area contributed by atoms with Crippen molar-refractivity contribution in [1.29, 1.82) is 0 Å². The van der Waals surface area contributed by atoms with Crippen LogP contribution in [0.1, 0.15) is 33.6 Å². The highest BCUT2D eigenvalue weighted by molar-refractivity contribution is 8.02. The Morgan fingerprint density at radius 3 is 2.55 bits per heavy atom. The van der Waals surface area contributed by atoms with Gasteiger partial charge >= 0.3 is 0 Å². The van der Waals surface area contributed by atoms with Crippen LogP contribution >= 0.6 is 11.8 Å². The summed E-state index contributed by atoms with van der Waals surface area (Å²) in [5.41, 5.74) is -0.654. The van der Waals surface area contributed by atoms with E-state index in [1.165, 1.54) is 12.8 Å². The first-order valence-corrected chi connectivity index (χ1v) is 5.13. The fourth-order valence-corrected chi connectivity index (χ4v) is 1.53. The van der Waals surface area contributed by atoms with Crippen LogP contribution in [0.5, 0.6) is 0 Å². The Morgan fingerprint density at radius 2 is 2.09 bits per heavy atom. The molecule has 0 amide bonds. The summed E-state index contributed by atoms with van der Waals surface area (Å²) in [7, 11) is 0. The summed E-state index contributed by atoms with van der Waals surface area (Å²) in [6, 6.07) is 0. The lowest BCUT2D eigenvalue weighted by Crippen LogP contribution is -2.13. The largest absolute Gasteiger partial charge is 0.386 e. The number of thioether (sulfide) groups is 1. The third-order valence-corrected chi connectivity index (χ3v) is 2.04. The van der Waals surface area contributed by atoms with Crippen LogP contribution in [0.25, 0.3) is 0 Å². The summed E-state index contributed by atoms with van der Waals surface area (Å²) in [5.74, 6) is 1.16. The van der Waals surface area contributed by atoms with Gasteiger partial charge in [-0.2, -0.15) is 0 Å². The number of hydrogen-bond donors (Lipinski definition) is 1. The van der Waals surface area contributed by atoms with Crippen molar-refractivity contribution >= 4 is 11.8 Å². The first-order valence-electron chi connectivity index (χ1n) is 4.08. The first kappa shape index (κ1) is 11.1. The molecule has 0 aromatic heterocycles. The summed E-state index contributed by atoms with van der Waals surface area (Å²) >= 11 is 1.76. The molecule has 66 valence electrons. The Morgan fingerprint density at radius 1 is 1.45 bits per heavy atom. The summed E-state index contributed by atoms with van der Waals surface area (Å²) in [5, 5.41) is 11.3. The average Bonchev–Trinajstić information content (AvgIpc) is 1.85. The van der Waals surface area contributed by atoms with Gasteiger partial charge < -0.3 is 5.11 Å². The van der Waals surface area contributed by atoms with E-state index in [0.29, 0.717) is 0 Å². The molecule has 0 aromatic rings. The van der Waals surface area contributed by atoms with E-state index in [2.05, 4.69) is 6.92 Å². The zero-order valence-corrected chi connectivity index (χ0v) is 8.45. The normalized spacial score (nSPS) is 12.7. The lowest BCUT2D eigenvalue weighted by Gasteiger charge is -2.09. The van der Waals surface area contributed by atoms with Crippen molar-refractivity contribution in [3.8, 4) is 0 Å². The summed E-state index contributed by atoms with van der Waals surface area (Å²) < 4.78 is 0. The third-order valence-electron chi connectivity index (χ3n) is 1.19. The van der Waals surface area contributed by atoms with Gasteiger partial charge in [0.2, 0.25) is 0 Å². The zero-order valence-electron chi connectivity index (χ0n) is 7.63. The van der Waals surface area contributed by atoms with Crippen molar-refractivity contribution in [3.05, 3.63) is 11.5 Å². The first-order chi connectivity index (χ1) is 5.06. The van der Waals surface area contributed by atoms with Gasteiger partial charge in [0.05, 0.1) is 5.60 Å². The van der Waals surface area contributed by atoms with Crippen LogP contribution in [-0.2, 0) is 0 Å². The van der Waals surface area contributed by atoms with Crippen molar-refractivity contribution in [3.63, 3.8) is 0 Å². The molecule has 0 heterocycles. The van der Waals surface area contributed by atoms with Crippen LogP contribution in [0.4, 0.5) is 0 Å². The van der Waals surface area contributed by atoms with Gasteiger partial charge in [-0.1, -0.05) is 13.3 Å². The fourth-order valence-electron chi connectivity index (χ4n) is 0.510. The Balaban J connectivity index is 3.30. The standard InChI is InChI=1S/C9H18OS/c1-4-5-7-11-8-6-9(2,3)10/h6,8,10H,4-5,7H2,1-3H3/b8-6+. The molecule has 0 bridgehead atoms. The van der Waals surface area contributed by atoms with E-state index in [1.54, 1.807) is 25.6 Å². The average molecular weight is 174 g/mol. The van der Waals surface area contributed by atoms with E-state index in [-0.39, 0.29) is 0 Å². The Kier molecular flexibility index (Phi) is 5.69. The molecule has 0 radical (unpaired) electrons. The SMILES string of the molecule is CCCCS/C=C/C(C)(C)O. The molecule has 0 spiro atoms.